The topological polar surface area (TPSA) is 83.7 Å². The molecule has 110 valence electrons. The van der Waals surface area contributed by atoms with Crippen LogP contribution in [0.5, 0.6) is 0 Å². The van der Waals surface area contributed by atoms with Gasteiger partial charge in [0.15, 0.2) is 0 Å². The van der Waals surface area contributed by atoms with Crippen LogP contribution in [-0.2, 0) is 0 Å². The number of rotatable bonds is 7. The summed E-state index contributed by atoms with van der Waals surface area (Å²) in [7, 11) is 1.51. The lowest BCUT2D eigenvalue weighted by Crippen LogP contribution is -2.28. The van der Waals surface area contributed by atoms with Crippen LogP contribution in [0.25, 0.3) is 0 Å². The number of unbranched alkanes of at least 4 members (excludes halogenated alkanes) is 2. The number of aliphatic hydroxyl groups excluding tert-OH is 1. The number of nitrogens with zero attached hydrogens (tertiary/aromatic N) is 2. The van der Waals surface area contributed by atoms with E-state index < -0.39 is 16.6 Å². The summed E-state index contributed by atoms with van der Waals surface area (Å²) in [4.78, 5) is 23.3. The zero-order valence-corrected chi connectivity index (χ0v) is 11.2. The second-order valence-electron chi connectivity index (χ2n) is 4.43. The minimum absolute atomic E-state index is 0.0944. The highest BCUT2D eigenvalue weighted by atomic mass is 19.1. The normalized spacial score (nSPS) is 10.3. The van der Waals surface area contributed by atoms with Crippen molar-refractivity contribution in [1.29, 1.82) is 0 Å². The average Bonchev–Trinajstić information content (AvgIpc) is 2.42. The van der Waals surface area contributed by atoms with Gasteiger partial charge in [-0.3, -0.25) is 14.9 Å². The van der Waals surface area contributed by atoms with E-state index in [-0.39, 0.29) is 17.9 Å². The molecule has 0 bridgehead atoms. The second-order valence-corrected chi connectivity index (χ2v) is 4.43. The lowest BCUT2D eigenvalue weighted by atomic mass is 10.1. The van der Waals surface area contributed by atoms with Crippen LogP contribution in [0.1, 0.15) is 29.6 Å². The SMILES string of the molecule is CN(CCCCCO)C(=O)c1cc([N+](=O)[O-])ccc1F. The van der Waals surface area contributed by atoms with Crippen LogP contribution in [0.15, 0.2) is 18.2 Å². The quantitative estimate of drug-likeness (QED) is 0.471. The molecule has 1 amide bonds. The molecule has 1 rings (SSSR count). The van der Waals surface area contributed by atoms with Crippen molar-refractivity contribution in [1.82, 2.24) is 4.90 Å². The van der Waals surface area contributed by atoms with Gasteiger partial charge in [0.1, 0.15) is 5.82 Å². The Kier molecular flexibility index (Phi) is 6.05. The van der Waals surface area contributed by atoms with Gasteiger partial charge in [0.2, 0.25) is 0 Å². The third-order valence-electron chi connectivity index (χ3n) is 2.89. The van der Waals surface area contributed by atoms with Crippen LogP contribution in [0, 0.1) is 15.9 Å². The number of halogens is 1. The van der Waals surface area contributed by atoms with Gasteiger partial charge in [-0.15, -0.1) is 0 Å². The maximum Gasteiger partial charge on any atom is 0.270 e. The van der Waals surface area contributed by atoms with E-state index in [1.54, 1.807) is 0 Å². The number of carbonyl (C=O) groups is 1. The number of carbonyl (C=O) groups excluding carboxylic acids is 1. The molecule has 6 nitrogen and oxygen atoms in total. The van der Waals surface area contributed by atoms with Crippen molar-refractivity contribution in [2.24, 2.45) is 0 Å². The maximum absolute atomic E-state index is 13.6. The summed E-state index contributed by atoms with van der Waals surface area (Å²) >= 11 is 0. The van der Waals surface area contributed by atoms with Gasteiger partial charge in [-0.05, 0) is 25.3 Å². The fraction of sp³-hybridized carbons (Fsp3) is 0.462. The van der Waals surface area contributed by atoms with Crippen molar-refractivity contribution in [2.45, 2.75) is 19.3 Å². The molecule has 0 radical (unpaired) electrons. The molecule has 0 aromatic heterocycles. The molecular formula is C13H17FN2O4. The Bertz CT molecular complexity index is 493. The van der Waals surface area contributed by atoms with Crippen molar-refractivity contribution in [3.8, 4) is 0 Å². The molecule has 0 fully saturated rings. The Hall–Kier alpha value is -2.02. The van der Waals surface area contributed by atoms with Crippen LogP contribution < -0.4 is 0 Å². The summed E-state index contributed by atoms with van der Waals surface area (Å²) in [6, 6.07) is 2.89. The Labute approximate surface area is 116 Å². The van der Waals surface area contributed by atoms with Crippen LogP contribution >= 0.6 is 0 Å². The van der Waals surface area contributed by atoms with Crippen LogP contribution in [-0.4, -0.2) is 41.0 Å². The molecule has 0 saturated carbocycles. The van der Waals surface area contributed by atoms with Crippen molar-refractivity contribution in [3.05, 3.63) is 39.7 Å². The minimum atomic E-state index is -0.775. The Morgan fingerprint density at radius 2 is 2.10 bits per heavy atom. The fourth-order valence-corrected chi connectivity index (χ4v) is 1.74. The van der Waals surface area contributed by atoms with E-state index in [0.29, 0.717) is 19.4 Å². The summed E-state index contributed by atoms with van der Waals surface area (Å²) in [5.74, 6) is -1.36. The first-order valence-electron chi connectivity index (χ1n) is 6.27. The first kappa shape index (κ1) is 16.0. The number of amides is 1. The van der Waals surface area contributed by atoms with Gasteiger partial charge < -0.3 is 10.0 Å². The van der Waals surface area contributed by atoms with Gasteiger partial charge in [0.05, 0.1) is 10.5 Å². The predicted octanol–water partition coefficient (Wildman–Crippen LogP) is 1.97. The first-order valence-corrected chi connectivity index (χ1v) is 6.27. The Morgan fingerprint density at radius 3 is 2.70 bits per heavy atom. The number of benzene rings is 1. The molecule has 0 heterocycles. The van der Waals surface area contributed by atoms with Gasteiger partial charge in [0.25, 0.3) is 11.6 Å². The number of hydrogen-bond acceptors (Lipinski definition) is 4. The summed E-state index contributed by atoms with van der Waals surface area (Å²) in [6.45, 7) is 0.498. The zero-order chi connectivity index (χ0) is 15.1. The first-order chi connectivity index (χ1) is 9.47. The van der Waals surface area contributed by atoms with E-state index in [9.17, 15) is 19.3 Å². The summed E-state index contributed by atoms with van der Waals surface area (Å²) in [6.07, 6.45) is 2.08. The van der Waals surface area contributed by atoms with Gasteiger partial charge in [0, 0.05) is 32.3 Å². The molecule has 0 spiro atoms. The van der Waals surface area contributed by atoms with Gasteiger partial charge in [-0.2, -0.15) is 0 Å². The van der Waals surface area contributed by atoms with Gasteiger partial charge in [-0.1, -0.05) is 0 Å². The van der Waals surface area contributed by atoms with E-state index in [0.717, 1.165) is 24.6 Å². The molecule has 1 aromatic carbocycles. The number of aliphatic hydroxyl groups is 1. The Morgan fingerprint density at radius 1 is 1.40 bits per heavy atom. The van der Waals surface area contributed by atoms with Crippen LogP contribution in [0.2, 0.25) is 0 Å². The average molecular weight is 284 g/mol. The molecule has 0 aliphatic heterocycles. The van der Waals surface area contributed by atoms with E-state index in [4.69, 9.17) is 5.11 Å². The number of non-ortho nitro benzene ring substituents is 1. The minimum Gasteiger partial charge on any atom is -0.396 e. The van der Waals surface area contributed by atoms with E-state index >= 15 is 0 Å². The zero-order valence-electron chi connectivity index (χ0n) is 11.2. The second kappa shape index (κ2) is 7.54. The van der Waals surface area contributed by atoms with Gasteiger partial charge in [-0.25, -0.2) is 4.39 Å². The highest BCUT2D eigenvalue weighted by Crippen LogP contribution is 2.18. The lowest BCUT2D eigenvalue weighted by molar-refractivity contribution is -0.384. The largest absolute Gasteiger partial charge is 0.396 e. The van der Waals surface area contributed by atoms with Crippen molar-refractivity contribution >= 4 is 11.6 Å². The molecule has 1 aromatic rings. The molecule has 20 heavy (non-hydrogen) atoms. The van der Waals surface area contributed by atoms with Crippen LogP contribution in [0.4, 0.5) is 10.1 Å². The molecule has 0 aliphatic rings. The van der Waals surface area contributed by atoms with Crippen molar-refractivity contribution in [2.75, 3.05) is 20.2 Å². The standard InChI is InChI=1S/C13H17FN2O4/c1-15(7-3-2-4-8-17)13(18)11-9-10(16(19)20)5-6-12(11)14/h5-6,9,17H,2-4,7-8H2,1H3. The molecule has 1 N–H and O–H groups in total. The fourth-order valence-electron chi connectivity index (χ4n) is 1.74. The third kappa shape index (κ3) is 4.27. The highest BCUT2D eigenvalue weighted by Gasteiger charge is 2.19. The van der Waals surface area contributed by atoms with E-state index in [1.807, 2.05) is 0 Å². The summed E-state index contributed by atoms with van der Waals surface area (Å²) in [5, 5.41) is 19.3. The van der Waals surface area contributed by atoms with E-state index in [2.05, 4.69) is 0 Å². The van der Waals surface area contributed by atoms with Gasteiger partial charge >= 0.3 is 0 Å². The monoisotopic (exact) mass is 284 g/mol. The number of hydrogen-bond donors (Lipinski definition) is 1. The lowest BCUT2D eigenvalue weighted by Gasteiger charge is -2.17. The molecule has 7 heteroatoms. The summed E-state index contributed by atoms with van der Waals surface area (Å²) in [5.41, 5.74) is -0.618. The molecule has 0 unspecified atom stereocenters. The third-order valence-corrected chi connectivity index (χ3v) is 2.89. The van der Waals surface area contributed by atoms with Crippen LogP contribution in [0.3, 0.4) is 0 Å². The number of nitro groups is 1. The van der Waals surface area contributed by atoms with E-state index in [1.165, 1.54) is 11.9 Å². The molecular weight excluding hydrogens is 267 g/mol. The molecule has 0 saturated heterocycles. The Balaban J connectivity index is 2.75. The van der Waals surface area contributed by atoms with Crippen molar-refractivity contribution in [3.63, 3.8) is 0 Å². The van der Waals surface area contributed by atoms with Crippen molar-refractivity contribution < 1.29 is 19.2 Å². The smallest absolute Gasteiger partial charge is 0.270 e. The maximum atomic E-state index is 13.6. The highest BCUT2D eigenvalue weighted by molar-refractivity contribution is 5.94. The molecule has 0 atom stereocenters. The summed E-state index contributed by atoms with van der Waals surface area (Å²) < 4.78 is 13.6. The molecule has 0 aliphatic carbocycles. The predicted molar refractivity (Wildman–Crippen MR) is 71.0 cm³/mol. The number of nitro benzene ring substituents is 1.